The lowest BCUT2D eigenvalue weighted by atomic mass is 9.71. The molecule has 1 aromatic rings. The van der Waals surface area contributed by atoms with Gasteiger partial charge in [0, 0.05) is 38.8 Å². The number of rotatable bonds is 5. The molecular formula is C19H29N5O2. The lowest BCUT2D eigenvalue weighted by molar-refractivity contribution is -0.134. The van der Waals surface area contributed by atoms with E-state index >= 15 is 0 Å². The second-order valence-electron chi connectivity index (χ2n) is 7.55. The molecule has 0 bridgehead atoms. The Kier molecular flexibility index (Phi) is 5.76. The zero-order valence-corrected chi connectivity index (χ0v) is 15.3. The highest BCUT2D eigenvalue weighted by Gasteiger charge is 2.35. The molecule has 2 heterocycles. The molecule has 1 aromatic heterocycles. The van der Waals surface area contributed by atoms with Crippen molar-refractivity contribution in [3.63, 3.8) is 0 Å². The van der Waals surface area contributed by atoms with Gasteiger partial charge >= 0.3 is 0 Å². The quantitative estimate of drug-likeness (QED) is 0.820. The lowest BCUT2D eigenvalue weighted by Crippen LogP contribution is -2.51. The van der Waals surface area contributed by atoms with Gasteiger partial charge in [0.25, 0.3) is 5.91 Å². The van der Waals surface area contributed by atoms with Gasteiger partial charge in [-0.1, -0.05) is 19.3 Å². The van der Waals surface area contributed by atoms with Gasteiger partial charge < -0.3 is 21.3 Å². The van der Waals surface area contributed by atoms with Crippen LogP contribution in [0.4, 0.5) is 5.82 Å². The molecule has 2 aliphatic rings. The minimum atomic E-state index is -0.478. The normalized spacial score (nSPS) is 20.0. The fourth-order valence-electron chi connectivity index (χ4n) is 4.20. The summed E-state index contributed by atoms with van der Waals surface area (Å²) in [5.41, 5.74) is 11.9. The number of carbonyl (C=O) groups is 2. The Hall–Kier alpha value is -2.15. The first kappa shape index (κ1) is 18.6. The standard InChI is InChI=1S/C19H29N5O2/c20-14-19(6-2-1-3-7-19)13-16(25)23-9-11-24(12-10-23)18-15(17(21)26)5-4-8-22-18/h4-5,8H,1-3,6-7,9-14,20H2,(H2,21,26). The number of nitrogens with zero attached hydrogens (tertiary/aromatic N) is 3. The third-order valence-electron chi connectivity index (χ3n) is 5.86. The molecule has 26 heavy (non-hydrogen) atoms. The predicted octanol–water partition coefficient (Wildman–Crippen LogP) is 1.13. The van der Waals surface area contributed by atoms with Crippen LogP contribution in [-0.2, 0) is 4.79 Å². The van der Waals surface area contributed by atoms with Crippen molar-refractivity contribution in [3.05, 3.63) is 23.9 Å². The molecular weight excluding hydrogens is 330 g/mol. The van der Waals surface area contributed by atoms with E-state index in [1.54, 1.807) is 18.3 Å². The zero-order chi connectivity index (χ0) is 18.6. The summed E-state index contributed by atoms with van der Waals surface area (Å²) in [6.07, 6.45) is 7.94. The molecule has 1 saturated carbocycles. The van der Waals surface area contributed by atoms with Gasteiger partial charge in [-0.15, -0.1) is 0 Å². The van der Waals surface area contributed by atoms with Crippen molar-refractivity contribution in [2.75, 3.05) is 37.6 Å². The topological polar surface area (TPSA) is 106 Å². The monoisotopic (exact) mass is 359 g/mol. The Labute approximate surface area is 154 Å². The van der Waals surface area contributed by atoms with E-state index in [4.69, 9.17) is 11.5 Å². The minimum Gasteiger partial charge on any atom is -0.365 e. The first-order valence-corrected chi connectivity index (χ1v) is 9.52. The number of amides is 2. The van der Waals surface area contributed by atoms with Gasteiger partial charge in [0.1, 0.15) is 5.82 Å². The molecule has 1 aliphatic heterocycles. The molecule has 2 fully saturated rings. The van der Waals surface area contributed by atoms with E-state index in [0.29, 0.717) is 50.5 Å². The van der Waals surface area contributed by atoms with Crippen molar-refractivity contribution in [1.82, 2.24) is 9.88 Å². The number of carbonyl (C=O) groups excluding carboxylic acids is 2. The lowest BCUT2D eigenvalue weighted by Gasteiger charge is -2.40. The minimum absolute atomic E-state index is 0.00735. The van der Waals surface area contributed by atoms with Crippen LogP contribution in [-0.4, -0.2) is 54.4 Å². The van der Waals surface area contributed by atoms with E-state index in [1.807, 2.05) is 9.80 Å². The smallest absolute Gasteiger partial charge is 0.252 e. The zero-order valence-electron chi connectivity index (χ0n) is 15.3. The van der Waals surface area contributed by atoms with Gasteiger partial charge in [-0.05, 0) is 36.9 Å². The first-order valence-electron chi connectivity index (χ1n) is 9.52. The number of hydrogen-bond donors (Lipinski definition) is 2. The number of hydrogen-bond acceptors (Lipinski definition) is 5. The van der Waals surface area contributed by atoms with Crippen molar-refractivity contribution < 1.29 is 9.59 Å². The van der Waals surface area contributed by atoms with E-state index in [-0.39, 0.29) is 11.3 Å². The van der Waals surface area contributed by atoms with Crippen LogP contribution in [0.15, 0.2) is 18.3 Å². The van der Waals surface area contributed by atoms with Crippen LogP contribution in [0.5, 0.6) is 0 Å². The second kappa shape index (κ2) is 8.03. The van der Waals surface area contributed by atoms with Crippen molar-refractivity contribution in [2.45, 2.75) is 38.5 Å². The average Bonchev–Trinajstić information content (AvgIpc) is 2.68. The molecule has 0 radical (unpaired) electrons. The SMILES string of the molecule is NCC1(CC(=O)N2CCN(c3ncccc3C(N)=O)CC2)CCCCC1. The maximum atomic E-state index is 12.8. The van der Waals surface area contributed by atoms with Crippen LogP contribution in [0.2, 0.25) is 0 Å². The van der Waals surface area contributed by atoms with Crippen molar-refractivity contribution in [3.8, 4) is 0 Å². The molecule has 7 nitrogen and oxygen atoms in total. The van der Waals surface area contributed by atoms with E-state index < -0.39 is 5.91 Å². The van der Waals surface area contributed by atoms with Crippen LogP contribution in [0, 0.1) is 5.41 Å². The summed E-state index contributed by atoms with van der Waals surface area (Å²) < 4.78 is 0. The van der Waals surface area contributed by atoms with Crippen LogP contribution in [0.1, 0.15) is 48.9 Å². The Morgan fingerprint density at radius 3 is 2.42 bits per heavy atom. The highest BCUT2D eigenvalue weighted by molar-refractivity contribution is 5.97. The maximum absolute atomic E-state index is 12.8. The van der Waals surface area contributed by atoms with Crippen molar-refractivity contribution in [1.29, 1.82) is 0 Å². The molecule has 2 amide bonds. The van der Waals surface area contributed by atoms with Gasteiger partial charge in [-0.3, -0.25) is 9.59 Å². The Bertz CT molecular complexity index is 649. The Morgan fingerprint density at radius 1 is 1.12 bits per heavy atom. The number of aromatic nitrogens is 1. The van der Waals surface area contributed by atoms with Gasteiger partial charge in [-0.25, -0.2) is 4.98 Å². The third-order valence-corrected chi connectivity index (χ3v) is 5.86. The van der Waals surface area contributed by atoms with Crippen LogP contribution in [0.3, 0.4) is 0 Å². The fourth-order valence-corrected chi connectivity index (χ4v) is 4.20. The molecule has 0 unspecified atom stereocenters. The summed E-state index contributed by atoms with van der Waals surface area (Å²) >= 11 is 0. The predicted molar refractivity (Wildman–Crippen MR) is 101 cm³/mol. The molecule has 0 atom stereocenters. The van der Waals surface area contributed by atoms with Crippen LogP contribution < -0.4 is 16.4 Å². The van der Waals surface area contributed by atoms with Crippen molar-refractivity contribution in [2.24, 2.45) is 16.9 Å². The van der Waals surface area contributed by atoms with Gasteiger partial charge in [0.15, 0.2) is 0 Å². The molecule has 142 valence electrons. The average molecular weight is 359 g/mol. The van der Waals surface area contributed by atoms with Crippen LogP contribution >= 0.6 is 0 Å². The van der Waals surface area contributed by atoms with E-state index in [0.717, 1.165) is 12.8 Å². The summed E-state index contributed by atoms with van der Waals surface area (Å²) in [4.78, 5) is 32.7. The summed E-state index contributed by atoms with van der Waals surface area (Å²) in [5.74, 6) is 0.333. The number of piperazine rings is 1. The molecule has 0 aromatic carbocycles. The Balaban J connectivity index is 1.60. The summed E-state index contributed by atoms with van der Waals surface area (Å²) in [5, 5.41) is 0. The molecule has 3 rings (SSSR count). The first-order chi connectivity index (χ1) is 12.5. The third kappa shape index (κ3) is 3.98. The van der Waals surface area contributed by atoms with Gasteiger partial charge in [0.05, 0.1) is 5.56 Å². The number of primary amides is 1. The second-order valence-corrected chi connectivity index (χ2v) is 7.55. The van der Waals surface area contributed by atoms with Crippen LogP contribution in [0.25, 0.3) is 0 Å². The van der Waals surface area contributed by atoms with E-state index in [9.17, 15) is 9.59 Å². The summed E-state index contributed by atoms with van der Waals surface area (Å²) in [7, 11) is 0. The summed E-state index contributed by atoms with van der Waals surface area (Å²) in [6, 6.07) is 3.40. The molecule has 4 N–H and O–H groups in total. The fraction of sp³-hybridized carbons (Fsp3) is 0.632. The number of anilines is 1. The van der Waals surface area contributed by atoms with Gasteiger partial charge in [-0.2, -0.15) is 0 Å². The maximum Gasteiger partial charge on any atom is 0.252 e. The largest absolute Gasteiger partial charge is 0.365 e. The molecule has 7 heteroatoms. The Morgan fingerprint density at radius 2 is 1.81 bits per heavy atom. The molecule has 1 saturated heterocycles. The van der Waals surface area contributed by atoms with Crippen molar-refractivity contribution >= 4 is 17.6 Å². The highest BCUT2D eigenvalue weighted by atomic mass is 16.2. The number of nitrogens with two attached hydrogens (primary N) is 2. The van der Waals surface area contributed by atoms with Gasteiger partial charge in [0.2, 0.25) is 5.91 Å². The van der Waals surface area contributed by atoms with E-state index in [1.165, 1.54) is 19.3 Å². The summed E-state index contributed by atoms with van der Waals surface area (Å²) in [6.45, 7) is 3.16. The molecule has 0 spiro atoms. The molecule has 1 aliphatic carbocycles. The van der Waals surface area contributed by atoms with E-state index in [2.05, 4.69) is 4.98 Å². The highest BCUT2D eigenvalue weighted by Crippen LogP contribution is 2.38. The number of pyridine rings is 1.